The predicted octanol–water partition coefficient (Wildman–Crippen LogP) is 1.80. The first-order chi connectivity index (χ1) is 13.8. The van der Waals surface area contributed by atoms with Crippen LogP contribution in [0.3, 0.4) is 0 Å². The summed E-state index contributed by atoms with van der Waals surface area (Å²) >= 11 is 0. The van der Waals surface area contributed by atoms with E-state index in [9.17, 15) is 23.2 Å². The van der Waals surface area contributed by atoms with Gasteiger partial charge in [-0.3, -0.25) is 4.79 Å². The Balaban J connectivity index is 2.12. The summed E-state index contributed by atoms with van der Waals surface area (Å²) in [6.07, 6.45) is 0. The van der Waals surface area contributed by atoms with Crippen molar-refractivity contribution in [3.63, 3.8) is 0 Å². The summed E-state index contributed by atoms with van der Waals surface area (Å²) in [5.41, 5.74) is 0.535. The van der Waals surface area contributed by atoms with Gasteiger partial charge in [-0.25, -0.2) is 18.4 Å². The molecule has 0 spiro atoms. The predicted molar refractivity (Wildman–Crippen MR) is 99.3 cm³/mol. The first kappa shape index (κ1) is 22.0. The second kappa shape index (κ2) is 9.74. The molecular formula is C20H21F2N2O5+. The van der Waals surface area contributed by atoms with Gasteiger partial charge in [0.15, 0.2) is 6.54 Å². The molecule has 2 rings (SSSR count). The van der Waals surface area contributed by atoms with E-state index in [0.29, 0.717) is 0 Å². The van der Waals surface area contributed by atoms with Gasteiger partial charge < -0.3 is 20.1 Å². The van der Waals surface area contributed by atoms with Gasteiger partial charge in [-0.2, -0.15) is 0 Å². The Morgan fingerprint density at radius 3 is 2.34 bits per heavy atom. The van der Waals surface area contributed by atoms with Crippen LogP contribution in [0, 0.1) is 11.6 Å². The minimum absolute atomic E-state index is 0.0612. The van der Waals surface area contributed by atoms with Crippen LogP contribution in [0.1, 0.15) is 39.2 Å². The average molecular weight is 407 g/mol. The minimum atomic E-state index is -0.701. The molecule has 9 heteroatoms. The molecule has 0 saturated heterocycles. The summed E-state index contributed by atoms with van der Waals surface area (Å²) < 4.78 is 36.2. The monoisotopic (exact) mass is 407 g/mol. The number of nitrogens with two attached hydrogens (primary N) is 1. The number of hydrogen-bond acceptors (Lipinski definition) is 5. The van der Waals surface area contributed by atoms with Crippen LogP contribution in [0.4, 0.5) is 14.5 Å². The van der Waals surface area contributed by atoms with Crippen LogP contribution in [-0.2, 0) is 14.3 Å². The maximum absolute atomic E-state index is 13.9. The number of carbonyl (C=O) groups excluding carboxylic acids is 3. The van der Waals surface area contributed by atoms with E-state index < -0.39 is 35.5 Å². The number of anilines is 1. The lowest BCUT2D eigenvalue weighted by Gasteiger charge is -2.14. The van der Waals surface area contributed by atoms with Gasteiger partial charge in [-0.05, 0) is 37.3 Å². The Hall–Kier alpha value is -3.33. The number of quaternary nitrogens is 1. The summed E-state index contributed by atoms with van der Waals surface area (Å²) in [5.74, 6) is -3.21. The number of rotatable bonds is 7. The van der Waals surface area contributed by atoms with Crippen molar-refractivity contribution in [3.8, 4) is 0 Å². The molecule has 0 heterocycles. The summed E-state index contributed by atoms with van der Waals surface area (Å²) in [6.45, 7) is 1.56. The van der Waals surface area contributed by atoms with Gasteiger partial charge >= 0.3 is 11.9 Å². The van der Waals surface area contributed by atoms with Crippen molar-refractivity contribution in [1.82, 2.24) is 0 Å². The molecule has 0 fully saturated rings. The van der Waals surface area contributed by atoms with Gasteiger partial charge in [0.2, 0.25) is 0 Å². The molecule has 0 aliphatic heterocycles. The Morgan fingerprint density at radius 2 is 1.72 bits per heavy atom. The van der Waals surface area contributed by atoms with Crippen LogP contribution >= 0.6 is 0 Å². The fraction of sp³-hybridized carbons (Fsp3) is 0.250. The van der Waals surface area contributed by atoms with Gasteiger partial charge in [-0.1, -0.05) is 0 Å². The molecular weight excluding hydrogens is 386 g/mol. The summed E-state index contributed by atoms with van der Waals surface area (Å²) in [7, 11) is 2.40. The van der Waals surface area contributed by atoms with Crippen LogP contribution in [-0.4, -0.2) is 38.6 Å². The fourth-order valence-corrected chi connectivity index (χ4v) is 2.66. The minimum Gasteiger partial charge on any atom is -0.465 e. The smallest absolute Gasteiger partial charge is 0.339 e. The van der Waals surface area contributed by atoms with Crippen molar-refractivity contribution in [1.29, 1.82) is 0 Å². The van der Waals surface area contributed by atoms with Crippen molar-refractivity contribution in [2.45, 2.75) is 13.0 Å². The van der Waals surface area contributed by atoms with Crippen LogP contribution in [0.15, 0.2) is 36.4 Å². The lowest BCUT2D eigenvalue weighted by Crippen LogP contribution is -2.86. The maximum Gasteiger partial charge on any atom is 0.339 e. The first-order valence-corrected chi connectivity index (χ1v) is 8.65. The number of hydrogen-bond donors (Lipinski definition) is 2. The van der Waals surface area contributed by atoms with Crippen molar-refractivity contribution in [3.05, 3.63) is 64.7 Å². The second-order valence-corrected chi connectivity index (χ2v) is 6.19. The molecule has 1 atom stereocenters. The zero-order valence-corrected chi connectivity index (χ0v) is 16.1. The highest BCUT2D eigenvalue weighted by Gasteiger charge is 2.20. The van der Waals surface area contributed by atoms with E-state index in [1.165, 1.54) is 38.5 Å². The van der Waals surface area contributed by atoms with E-state index in [4.69, 9.17) is 0 Å². The molecule has 2 aromatic rings. The molecule has 0 saturated carbocycles. The SMILES string of the molecule is COC(=O)c1ccc(C(=O)OC)c(NC(=O)C[NH2+][C@@H](C)c2ccc(F)cc2F)c1. The zero-order valence-electron chi connectivity index (χ0n) is 16.1. The highest BCUT2D eigenvalue weighted by atomic mass is 19.1. The number of benzene rings is 2. The largest absolute Gasteiger partial charge is 0.465 e. The lowest BCUT2D eigenvalue weighted by molar-refractivity contribution is -0.682. The van der Waals surface area contributed by atoms with E-state index in [1.807, 2.05) is 0 Å². The normalized spacial score (nSPS) is 11.5. The van der Waals surface area contributed by atoms with Crippen molar-refractivity contribution in [2.24, 2.45) is 0 Å². The average Bonchev–Trinajstić information content (AvgIpc) is 2.70. The standard InChI is InChI=1S/C20H20F2N2O5/c1-11(14-7-5-13(21)9-16(14)22)23-10-18(25)24-17-8-12(19(26)28-2)4-6-15(17)20(27)29-3/h4-9,11,23H,10H2,1-3H3,(H,24,25)/p+1/t11-/m0/s1. The van der Waals surface area contributed by atoms with E-state index in [0.717, 1.165) is 12.1 Å². The summed E-state index contributed by atoms with van der Waals surface area (Å²) in [6, 6.07) is 6.80. The topological polar surface area (TPSA) is 98.3 Å². The highest BCUT2D eigenvalue weighted by molar-refractivity contribution is 6.03. The molecule has 0 aliphatic carbocycles. The quantitative estimate of drug-likeness (QED) is 0.682. The fourth-order valence-electron chi connectivity index (χ4n) is 2.66. The van der Waals surface area contributed by atoms with E-state index in [1.54, 1.807) is 12.2 Å². The molecule has 7 nitrogen and oxygen atoms in total. The van der Waals surface area contributed by atoms with E-state index in [-0.39, 0.29) is 28.9 Å². The number of nitrogens with one attached hydrogen (secondary N) is 1. The van der Waals surface area contributed by atoms with Gasteiger partial charge in [0.1, 0.15) is 17.7 Å². The molecule has 3 N–H and O–H groups in total. The zero-order chi connectivity index (χ0) is 21.6. The van der Waals surface area contributed by atoms with Crippen LogP contribution in [0.25, 0.3) is 0 Å². The number of ether oxygens (including phenoxy) is 2. The third-order valence-electron chi connectivity index (χ3n) is 4.23. The Kier molecular flexibility index (Phi) is 7.38. The summed E-state index contributed by atoms with van der Waals surface area (Å²) in [4.78, 5) is 36.0. The van der Waals surface area contributed by atoms with Gasteiger partial charge in [0.25, 0.3) is 5.91 Å². The third kappa shape index (κ3) is 5.58. The van der Waals surface area contributed by atoms with E-state index >= 15 is 0 Å². The van der Waals surface area contributed by atoms with Crippen LogP contribution in [0.5, 0.6) is 0 Å². The third-order valence-corrected chi connectivity index (χ3v) is 4.23. The molecule has 29 heavy (non-hydrogen) atoms. The maximum atomic E-state index is 13.9. The number of carbonyl (C=O) groups is 3. The van der Waals surface area contributed by atoms with Crippen molar-refractivity contribution >= 4 is 23.5 Å². The number of halogens is 2. The van der Waals surface area contributed by atoms with Crippen molar-refractivity contribution < 1.29 is 38.0 Å². The van der Waals surface area contributed by atoms with Gasteiger partial charge in [0.05, 0.1) is 31.0 Å². The second-order valence-electron chi connectivity index (χ2n) is 6.19. The van der Waals surface area contributed by atoms with Crippen LogP contribution < -0.4 is 10.6 Å². The molecule has 0 radical (unpaired) electrons. The number of esters is 2. The molecule has 0 aromatic heterocycles. The number of amides is 1. The van der Waals surface area contributed by atoms with Gasteiger partial charge in [-0.15, -0.1) is 0 Å². The summed E-state index contributed by atoms with van der Waals surface area (Å²) in [5, 5.41) is 4.09. The molecule has 0 unspecified atom stereocenters. The highest BCUT2D eigenvalue weighted by Crippen LogP contribution is 2.20. The molecule has 154 valence electrons. The van der Waals surface area contributed by atoms with E-state index in [2.05, 4.69) is 14.8 Å². The molecule has 2 aromatic carbocycles. The Labute approximate surface area is 166 Å². The Bertz CT molecular complexity index is 933. The lowest BCUT2D eigenvalue weighted by atomic mass is 10.1. The number of methoxy groups -OCH3 is 2. The molecule has 1 amide bonds. The van der Waals surface area contributed by atoms with Crippen LogP contribution in [0.2, 0.25) is 0 Å². The molecule has 0 aliphatic rings. The first-order valence-electron chi connectivity index (χ1n) is 8.65. The van der Waals surface area contributed by atoms with Gasteiger partial charge in [0, 0.05) is 11.6 Å². The van der Waals surface area contributed by atoms with Crippen molar-refractivity contribution in [2.75, 3.05) is 26.1 Å². The Morgan fingerprint density at radius 1 is 1.03 bits per heavy atom. The molecule has 0 bridgehead atoms.